The molecule has 0 bridgehead atoms. The number of halogens is 1. The molecule has 0 spiro atoms. The highest BCUT2D eigenvalue weighted by atomic mass is 35.7. The van der Waals surface area contributed by atoms with E-state index in [1.807, 2.05) is 0 Å². The van der Waals surface area contributed by atoms with E-state index in [1.54, 1.807) is 0 Å². The van der Waals surface area contributed by atoms with E-state index in [2.05, 4.69) is 96.2 Å². The van der Waals surface area contributed by atoms with Crippen molar-refractivity contribution in [2.75, 3.05) is 0 Å². The molecule has 0 saturated carbocycles. The summed E-state index contributed by atoms with van der Waals surface area (Å²) < 4.78 is 0. The van der Waals surface area contributed by atoms with E-state index in [0.29, 0.717) is 0 Å². The van der Waals surface area contributed by atoms with Crippen molar-refractivity contribution in [3.05, 3.63) is 84.9 Å². The van der Waals surface area contributed by atoms with E-state index in [0.717, 1.165) is 0 Å². The Bertz CT molecular complexity index is 879. The fraction of sp³-hybridized carbons (Fsp3) is 0. The summed E-state index contributed by atoms with van der Waals surface area (Å²) in [6.45, 7) is 0. The predicted molar refractivity (Wildman–Crippen MR) is 104 cm³/mol. The van der Waals surface area contributed by atoms with Crippen LogP contribution in [0.3, 0.4) is 0 Å². The first-order chi connectivity index (χ1) is 11.7. The molecule has 4 rings (SSSR count). The Morgan fingerprint density at radius 1 is 0.542 bits per heavy atom. The Morgan fingerprint density at radius 3 is 1.29 bits per heavy atom. The normalized spacial score (nSPS) is 10.7. The molecule has 0 saturated heterocycles. The van der Waals surface area contributed by atoms with Gasteiger partial charge in [-0.2, -0.15) is 0 Å². The molecular weight excluding hydrogens is 339 g/mol. The second-order valence-electron chi connectivity index (χ2n) is 5.29. The van der Waals surface area contributed by atoms with Gasteiger partial charge >= 0.3 is 0 Å². The molecule has 0 fully saturated rings. The SMILES string of the molecule is OP(O)Cl.c1ccc2c(-c3cccc4ccccc34)cccc2c1. The second-order valence-corrected chi connectivity index (χ2v) is 6.68. The van der Waals surface area contributed by atoms with Crippen molar-refractivity contribution in [2.24, 2.45) is 0 Å². The molecule has 0 unspecified atom stereocenters. The van der Waals surface area contributed by atoms with Crippen molar-refractivity contribution in [3.63, 3.8) is 0 Å². The Kier molecular flexibility index (Phi) is 5.44. The molecule has 2 N–H and O–H groups in total. The number of rotatable bonds is 1. The van der Waals surface area contributed by atoms with Crippen LogP contribution in [-0.2, 0) is 0 Å². The lowest BCUT2D eigenvalue weighted by molar-refractivity contribution is 0.504. The Hall–Kier alpha value is -1.96. The molecule has 0 aliphatic rings. The summed E-state index contributed by atoms with van der Waals surface area (Å²) >= 11 is 4.45. The molecule has 0 heterocycles. The third-order valence-corrected chi connectivity index (χ3v) is 3.87. The van der Waals surface area contributed by atoms with Crippen LogP contribution in [0.2, 0.25) is 0 Å². The Morgan fingerprint density at radius 2 is 0.875 bits per heavy atom. The summed E-state index contributed by atoms with van der Waals surface area (Å²) in [5.74, 6) is 0. The van der Waals surface area contributed by atoms with E-state index in [-0.39, 0.29) is 0 Å². The molecular formula is C20H16ClO2P. The summed E-state index contributed by atoms with van der Waals surface area (Å²) in [4.78, 5) is 14.9. The highest BCUT2D eigenvalue weighted by Crippen LogP contribution is 2.33. The lowest BCUT2D eigenvalue weighted by Gasteiger charge is -2.10. The minimum atomic E-state index is -2.15. The summed E-state index contributed by atoms with van der Waals surface area (Å²) in [5.41, 5.74) is 2.61. The minimum Gasteiger partial charge on any atom is -0.338 e. The van der Waals surface area contributed by atoms with Crippen LogP contribution in [-0.4, -0.2) is 9.79 Å². The molecule has 4 aromatic rings. The van der Waals surface area contributed by atoms with Crippen molar-refractivity contribution in [3.8, 4) is 11.1 Å². The van der Waals surface area contributed by atoms with Gasteiger partial charge in [0.2, 0.25) is 0 Å². The van der Waals surface area contributed by atoms with Gasteiger partial charge in [0, 0.05) is 0 Å². The molecule has 0 aliphatic carbocycles. The number of hydrogen-bond donors (Lipinski definition) is 2. The fourth-order valence-corrected chi connectivity index (χ4v) is 2.92. The van der Waals surface area contributed by atoms with Crippen molar-refractivity contribution in [1.82, 2.24) is 0 Å². The summed E-state index contributed by atoms with van der Waals surface area (Å²) in [7, 11) is -2.15. The number of hydrogen-bond acceptors (Lipinski definition) is 2. The first kappa shape index (κ1) is 16.9. The maximum Gasteiger partial charge on any atom is 0.271 e. The number of fused-ring (bicyclic) bond motifs is 2. The molecule has 4 heteroatoms. The first-order valence-corrected chi connectivity index (χ1v) is 9.61. The second kappa shape index (κ2) is 7.74. The maximum absolute atomic E-state index is 7.44. The van der Waals surface area contributed by atoms with E-state index >= 15 is 0 Å². The van der Waals surface area contributed by atoms with Crippen molar-refractivity contribution < 1.29 is 9.79 Å². The van der Waals surface area contributed by atoms with E-state index in [1.165, 1.54) is 32.7 Å². The maximum atomic E-state index is 7.44. The van der Waals surface area contributed by atoms with Gasteiger partial charge in [-0.15, -0.1) is 0 Å². The third kappa shape index (κ3) is 3.75. The zero-order chi connectivity index (χ0) is 16.9. The van der Waals surface area contributed by atoms with Gasteiger partial charge in [0.1, 0.15) is 0 Å². The summed E-state index contributed by atoms with van der Waals surface area (Å²) in [5, 5.41) is 5.20. The van der Waals surface area contributed by atoms with Gasteiger partial charge < -0.3 is 9.79 Å². The van der Waals surface area contributed by atoms with Gasteiger partial charge in [-0.05, 0) is 43.9 Å². The molecule has 120 valence electrons. The highest BCUT2D eigenvalue weighted by Gasteiger charge is 2.06. The lowest BCUT2D eigenvalue weighted by atomic mass is 9.94. The molecule has 0 atom stereocenters. The zero-order valence-electron chi connectivity index (χ0n) is 12.8. The van der Waals surface area contributed by atoms with Crippen LogP contribution in [0, 0.1) is 0 Å². The monoisotopic (exact) mass is 354 g/mol. The van der Waals surface area contributed by atoms with Crippen LogP contribution in [0.1, 0.15) is 0 Å². The van der Waals surface area contributed by atoms with Crippen LogP contribution in [0.5, 0.6) is 0 Å². The van der Waals surface area contributed by atoms with E-state index < -0.39 is 7.73 Å². The van der Waals surface area contributed by atoms with Gasteiger partial charge in [-0.25, -0.2) is 0 Å². The average molecular weight is 355 g/mol. The lowest BCUT2D eigenvalue weighted by Crippen LogP contribution is -1.83. The predicted octanol–water partition coefficient (Wildman–Crippen LogP) is 6.10. The van der Waals surface area contributed by atoms with Gasteiger partial charge in [0.25, 0.3) is 7.73 Å². The average Bonchev–Trinajstić information content (AvgIpc) is 2.60. The van der Waals surface area contributed by atoms with Crippen molar-refractivity contribution in [1.29, 1.82) is 0 Å². The molecule has 0 aromatic heterocycles. The van der Waals surface area contributed by atoms with Gasteiger partial charge in [0.15, 0.2) is 0 Å². The third-order valence-electron chi connectivity index (χ3n) is 3.87. The van der Waals surface area contributed by atoms with E-state index in [9.17, 15) is 0 Å². The zero-order valence-corrected chi connectivity index (χ0v) is 14.5. The fourth-order valence-electron chi connectivity index (χ4n) is 2.92. The smallest absolute Gasteiger partial charge is 0.271 e. The van der Waals surface area contributed by atoms with E-state index in [4.69, 9.17) is 9.79 Å². The van der Waals surface area contributed by atoms with Crippen LogP contribution < -0.4 is 0 Å². The summed E-state index contributed by atoms with van der Waals surface area (Å²) in [6, 6.07) is 30.2. The first-order valence-electron chi connectivity index (χ1n) is 7.46. The Balaban J connectivity index is 0.000000383. The quantitative estimate of drug-likeness (QED) is 0.406. The molecule has 2 nitrogen and oxygen atoms in total. The minimum absolute atomic E-state index is 1.29. The topological polar surface area (TPSA) is 40.5 Å². The largest absolute Gasteiger partial charge is 0.338 e. The molecule has 4 aromatic carbocycles. The van der Waals surface area contributed by atoms with Crippen LogP contribution in [0.25, 0.3) is 32.7 Å². The van der Waals surface area contributed by atoms with Crippen LogP contribution in [0.15, 0.2) is 84.9 Å². The summed E-state index contributed by atoms with van der Waals surface area (Å²) in [6.07, 6.45) is 0. The van der Waals surface area contributed by atoms with Crippen molar-refractivity contribution in [2.45, 2.75) is 0 Å². The number of benzene rings is 4. The Labute approximate surface area is 146 Å². The van der Waals surface area contributed by atoms with Gasteiger partial charge in [-0.3, -0.25) is 0 Å². The molecule has 0 aliphatic heterocycles. The van der Waals surface area contributed by atoms with Crippen LogP contribution >= 0.6 is 19.0 Å². The molecule has 0 radical (unpaired) electrons. The van der Waals surface area contributed by atoms with Gasteiger partial charge in [0.05, 0.1) is 0 Å². The highest BCUT2D eigenvalue weighted by molar-refractivity contribution is 7.74. The molecule has 24 heavy (non-hydrogen) atoms. The van der Waals surface area contributed by atoms with Crippen LogP contribution in [0.4, 0.5) is 0 Å². The standard InChI is InChI=1S/C20H14.ClH2O2P/c1-3-11-17-15(7-1)9-5-13-19(17)20-14-6-10-16-8-2-4-12-18(16)20;1-4(2)3/h1-14H;2-3H. The molecule has 0 amide bonds. The van der Waals surface area contributed by atoms with Crippen molar-refractivity contribution >= 4 is 40.5 Å². The van der Waals surface area contributed by atoms with Gasteiger partial charge in [-0.1, -0.05) is 84.9 Å².